The lowest BCUT2D eigenvalue weighted by Crippen LogP contribution is -2.67. The summed E-state index contributed by atoms with van der Waals surface area (Å²) in [5, 5.41) is 10.2. The fourth-order valence-corrected chi connectivity index (χ4v) is 7.67. The van der Waals surface area contributed by atoms with Crippen molar-refractivity contribution in [1.29, 1.82) is 0 Å². The lowest BCUT2D eigenvalue weighted by Gasteiger charge is -2.57. The molecule has 3 atom stereocenters. The van der Waals surface area contributed by atoms with Gasteiger partial charge in [-0.05, 0) is 79.3 Å². The molecule has 0 radical (unpaired) electrons. The van der Waals surface area contributed by atoms with Crippen LogP contribution >= 0.6 is 0 Å². The van der Waals surface area contributed by atoms with Crippen LogP contribution in [-0.2, 0) is 10.0 Å². The van der Waals surface area contributed by atoms with Gasteiger partial charge in [0.1, 0.15) is 5.82 Å². The van der Waals surface area contributed by atoms with E-state index in [1.54, 1.807) is 22.5 Å². The van der Waals surface area contributed by atoms with Gasteiger partial charge in [-0.1, -0.05) is 48.5 Å². The van der Waals surface area contributed by atoms with Gasteiger partial charge in [-0.2, -0.15) is 4.31 Å². The van der Waals surface area contributed by atoms with Gasteiger partial charge in [-0.15, -0.1) is 0 Å². The molecule has 2 fully saturated rings. The molecule has 2 heterocycles. The van der Waals surface area contributed by atoms with Crippen LogP contribution in [0.15, 0.2) is 71.6 Å². The van der Waals surface area contributed by atoms with Crippen LogP contribution in [0.4, 0.5) is 4.39 Å². The summed E-state index contributed by atoms with van der Waals surface area (Å²) in [5.74, 6) is -0.214. The molecule has 3 aromatic carbocycles. The van der Waals surface area contributed by atoms with E-state index in [2.05, 4.69) is 17.0 Å². The predicted molar refractivity (Wildman–Crippen MR) is 140 cm³/mol. The van der Waals surface area contributed by atoms with E-state index < -0.39 is 10.0 Å². The Bertz CT molecular complexity index is 1340. The van der Waals surface area contributed by atoms with E-state index in [0.29, 0.717) is 18.0 Å². The molecule has 2 saturated heterocycles. The summed E-state index contributed by atoms with van der Waals surface area (Å²) in [5.41, 5.74) is 4.71. The Morgan fingerprint density at radius 1 is 0.944 bits per heavy atom. The third-order valence-electron chi connectivity index (χ3n) is 7.84. The summed E-state index contributed by atoms with van der Waals surface area (Å²) in [7, 11) is -3.62. The highest BCUT2D eigenvalue weighted by molar-refractivity contribution is 7.89. The molecule has 0 aliphatic carbocycles. The van der Waals surface area contributed by atoms with Crippen molar-refractivity contribution in [2.75, 3.05) is 26.2 Å². The molecule has 2 aliphatic rings. The first-order valence-electron chi connectivity index (χ1n) is 12.6. The first kappa shape index (κ1) is 25.1. The lowest BCUT2D eigenvalue weighted by molar-refractivity contribution is -0.0553. The Morgan fingerprint density at radius 3 is 2.36 bits per heavy atom. The minimum absolute atomic E-state index is 0.000323. The maximum atomic E-state index is 13.6. The van der Waals surface area contributed by atoms with E-state index in [-0.39, 0.29) is 30.4 Å². The SMILES string of the molecule is Cc1cc(F)ccc1-c1ccc([C@@H]2[C@@H](CO)N3CCCCN(S(=O)(=O)c4ccccc4C)C[C@@H]23)cc1. The molecular formula is C29H33FN2O3S. The maximum absolute atomic E-state index is 13.6. The van der Waals surface area contributed by atoms with E-state index in [1.165, 1.54) is 12.1 Å². The average Bonchev–Trinajstić information content (AvgIpc) is 2.83. The van der Waals surface area contributed by atoms with Crippen molar-refractivity contribution < 1.29 is 17.9 Å². The topological polar surface area (TPSA) is 60.9 Å². The van der Waals surface area contributed by atoms with E-state index in [1.807, 2.05) is 38.1 Å². The van der Waals surface area contributed by atoms with Crippen LogP contribution in [0.3, 0.4) is 0 Å². The zero-order valence-corrected chi connectivity index (χ0v) is 21.6. The minimum Gasteiger partial charge on any atom is -0.395 e. The second-order valence-corrected chi connectivity index (χ2v) is 11.9. The monoisotopic (exact) mass is 508 g/mol. The minimum atomic E-state index is -3.62. The first-order chi connectivity index (χ1) is 17.3. The fourth-order valence-electron chi connectivity index (χ4n) is 5.95. The van der Waals surface area contributed by atoms with Crippen LogP contribution in [0.2, 0.25) is 0 Å². The van der Waals surface area contributed by atoms with Gasteiger partial charge in [0.15, 0.2) is 0 Å². The lowest BCUT2D eigenvalue weighted by atomic mass is 9.74. The molecule has 0 bridgehead atoms. The van der Waals surface area contributed by atoms with E-state index in [0.717, 1.165) is 47.2 Å². The molecule has 0 amide bonds. The molecule has 0 unspecified atom stereocenters. The van der Waals surface area contributed by atoms with Crippen molar-refractivity contribution in [2.24, 2.45) is 0 Å². The summed E-state index contributed by atoms with van der Waals surface area (Å²) >= 11 is 0. The zero-order valence-electron chi connectivity index (χ0n) is 20.8. The molecule has 1 N–H and O–H groups in total. The number of aliphatic hydroxyl groups excluding tert-OH is 1. The Hall–Kier alpha value is -2.58. The summed E-state index contributed by atoms with van der Waals surface area (Å²) < 4.78 is 42.5. The summed E-state index contributed by atoms with van der Waals surface area (Å²) in [4.78, 5) is 2.65. The number of aryl methyl sites for hydroxylation is 2. The fraction of sp³-hybridized carbons (Fsp3) is 0.379. The van der Waals surface area contributed by atoms with E-state index in [4.69, 9.17) is 0 Å². The highest BCUT2D eigenvalue weighted by Gasteiger charge is 2.50. The first-order valence-corrected chi connectivity index (χ1v) is 14.0. The van der Waals surface area contributed by atoms with Crippen molar-refractivity contribution in [1.82, 2.24) is 9.21 Å². The van der Waals surface area contributed by atoms with E-state index in [9.17, 15) is 17.9 Å². The quantitative estimate of drug-likeness (QED) is 0.542. The Labute approximate surface area is 213 Å². The van der Waals surface area contributed by atoms with Gasteiger partial charge in [0, 0.05) is 31.1 Å². The second-order valence-electron chi connectivity index (χ2n) is 10.00. The molecule has 0 saturated carbocycles. The number of sulfonamides is 1. The number of fused-ring (bicyclic) bond motifs is 1. The van der Waals surface area contributed by atoms with Gasteiger partial charge in [-0.3, -0.25) is 4.90 Å². The summed E-state index contributed by atoms with van der Waals surface area (Å²) in [6, 6.07) is 20.1. The van der Waals surface area contributed by atoms with Crippen molar-refractivity contribution in [3.63, 3.8) is 0 Å². The molecule has 3 aromatic rings. The number of rotatable bonds is 5. The molecule has 190 valence electrons. The molecule has 36 heavy (non-hydrogen) atoms. The third kappa shape index (κ3) is 4.50. The number of aliphatic hydroxyl groups is 1. The van der Waals surface area contributed by atoms with Crippen molar-refractivity contribution in [2.45, 2.75) is 49.6 Å². The van der Waals surface area contributed by atoms with Crippen molar-refractivity contribution in [3.8, 4) is 11.1 Å². The van der Waals surface area contributed by atoms with Crippen LogP contribution in [0.5, 0.6) is 0 Å². The Kier molecular flexibility index (Phi) is 7.01. The largest absolute Gasteiger partial charge is 0.395 e. The normalized spacial score (nSPS) is 23.4. The highest BCUT2D eigenvalue weighted by Crippen LogP contribution is 2.43. The van der Waals surface area contributed by atoms with Crippen LogP contribution < -0.4 is 0 Å². The molecular weight excluding hydrogens is 475 g/mol. The number of benzene rings is 3. The summed E-state index contributed by atoms with van der Waals surface area (Å²) in [6.07, 6.45) is 1.69. The van der Waals surface area contributed by atoms with Crippen molar-refractivity contribution >= 4 is 10.0 Å². The molecule has 0 spiro atoms. The van der Waals surface area contributed by atoms with Crippen LogP contribution in [0.1, 0.15) is 35.4 Å². The third-order valence-corrected chi connectivity index (χ3v) is 9.86. The number of hydrogen-bond donors (Lipinski definition) is 1. The number of hydrogen-bond acceptors (Lipinski definition) is 4. The maximum Gasteiger partial charge on any atom is 0.243 e. The molecule has 7 heteroatoms. The molecule has 5 rings (SSSR count). The van der Waals surface area contributed by atoms with Crippen LogP contribution in [0, 0.1) is 19.7 Å². The number of halogens is 1. The predicted octanol–water partition coefficient (Wildman–Crippen LogP) is 4.72. The molecule has 2 aliphatic heterocycles. The van der Waals surface area contributed by atoms with E-state index >= 15 is 0 Å². The van der Waals surface area contributed by atoms with Gasteiger partial charge in [0.2, 0.25) is 10.0 Å². The van der Waals surface area contributed by atoms with Crippen molar-refractivity contribution in [3.05, 3.63) is 89.2 Å². The van der Waals surface area contributed by atoms with Crippen LogP contribution in [-0.4, -0.2) is 61.1 Å². The second kappa shape index (κ2) is 10.1. The standard InChI is InChI=1S/C29H33FN2O3S/c1-20-7-3-4-8-28(20)36(34,35)31-15-5-6-16-32-26(18-31)29(27(32)19-33)23-11-9-22(10-12-23)25-14-13-24(30)17-21(25)2/h3-4,7-14,17,26-27,29,33H,5-6,15-16,18-19H2,1-2H3/t26-,27+,29-/m0/s1. The summed E-state index contributed by atoms with van der Waals surface area (Å²) in [6.45, 7) is 5.52. The van der Waals surface area contributed by atoms with Gasteiger partial charge in [0.25, 0.3) is 0 Å². The highest BCUT2D eigenvalue weighted by atomic mass is 32.2. The average molecular weight is 509 g/mol. The van der Waals surface area contributed by atoms with Gasteiger partial charge in [0.05, 0.1) is 11.5 Å². The van der Waals surface area contributed by atoms with Gasteiger partial charge in [-0.25, -0.2) is 12.8 Å². The van der Waals surface area contributed by atoms with Gasteiger partial charge < -0.3 is 5.11 Å². The van der Waals surface area contributed by atoms with Gasteiger partial charge >= 0.3 is 0 Å². The van der Waals surface area contributed by atoms with Crippen LogP contribution in [0.25, 0.3) is 11.1 Å². The molecule has 5 nitrogen and oxygen atoms in total. The number of nitrogens with zero attached hydrogens (tertiary/aromatic N) is 2. The molecule has 0 aromatic heterocycles. The Morgan fingerprint density at radius 2 is 1.67 bits per heavy atom. The smallest absolute Gasteiger partial charge is 0.243 e. The Balaban J connectivity index is 1.44. The zero-order chi connectivity index (χ0) is 25.4.